The van der Waals surface area contributed by atoms with E-state index >= 15 is 0 Å². The third kappa shape index (κ3) is 6.75. The van der Waals surface area contributed by atoms with Crippen LogP contribution < -0.4 is 21.9 Å². The number of amides is 4. The van der Waals surface area contributed by atoms with Gasteiger partial charge in [-0.1, -0.05) is 80.6 Å². The maximum Gasteiger partial charge on any atom is 0.407 e. The molecule has 3 aromatic carbocycles. The van der Waals surface area contributed by atoms with Gasteiger partial charge in [0.15, 0.2) is 0 Å². The molecule has 1 aromatic heterocycles. The van der Waals surface area contributed by atoms with Crippen LogP contribution in [0.3, 0.4) is 0 Å². The second-order valence-electron chi connectivity index (χ2n) is 15.7. The molecule has 14 heteroatoms. The fourth-order valence-electron chi connectivity index (χ4n) is 8.84. The molecule has 5 atom stereocenters. The number of allylic oxidation sites excluding steroid dienone is 1. The smallest absolute Gasteiger partial charge is 0.407 e. The molecule has 1 fully saturated rings. The Hall–Kier alpha value is -6.12. The van der Waals surface area contributed by atoms with Gasteiger partial charge in [-0.2, -0.15) is 0 Å². The molecule has 4 aromatic rings. The zero-order chi connectivity index (χ0) is 40.7. The van der Waals surface area contributed by atoms with Crippen molar-refractivity contribution in [3.63, 3.8) is 0 Å². The molecule has 3 aliphatic heterocycles. The zero-order valence-electron chi connectivity index (χ0n) is 32.5. The van der Waals surface area contributed by atoms with Gasteiger partial charge in [0.25, 0.3) is 11.5 Å². The summed E-state index contributed by atoms with van der Waals surface area (Å²) in [5.41, 5.74) is 9.20. The lowest BCUT2D eigenvalue weighted by atomic mass is 9.89. The van der Waals surface area contributed by atoms with Crippen molar-refractivity contribution < 1.29 is 29.0 Å². The molecule has 1 saturated heterocycles. The number of ether oxygens (including phenoxy) is 1. The molecular formula is C44H47N7O7. The minimum absolute atomic E-state index is 0.0239. The van der Waals surface area contributed by atoms with Crippen LogP contribution in [0.2, 0.25) is 0 Å². The molecule has 0 saturated carbocycles. The van der Waals surface area contributed by atoms with E-state index in [9.17, 15) is 29.1 Å². The Balaban J connectivity index is 1.12. The van der Waals surface area contributed by atoms with Gasteiger partial charge in [0.2, 0.25) is 17.7 Å². The number of nitrogens with one attached hydrogen (secondary N) is 2. The summed E-state index contributed by atoms with van der Waals surface area (Å²) in [5, 5.41) is 19.4. The molecule has 5 N–H and O–H groups in total. The van der Waals surface area contributed by atoms with Crippen LogP contribution in [0.25, 0.3) is 16.6 Å². The highest BCUT2D eigenvalue weighted by Crippen LogP contribution is 2.52. The quantitative estimate of drug-likeness (QED) is 0.160. The highest BCUT2D eigenvalue weighted by Gasteiger charge is 2.66. The maximum atomic E-state index is 14.7. The first-order chi connectivity index (χ1) is 28.0. The lowest BCUT2D eigenvalue weighted by molar-refractivity contribution is -0.176. The summed E-state index contributed by atoms with van der Waals surface area (Å²) in [6.45, 7) is 4.19. The van der Waals surface area contributed by atoms with Crippen molar-refractivity contribution in [2.75, 3.05) is 6.54 Å². The first kappa shape index (κ1) is 38.7. The van der Waals surface area contributed by atoms with Crippen molar-refractivity contribution in [3.05, 3.63) is 129 Å². The van der Waals surface area contributed by atoms with Crippen LogP contribution in [0.4, 0.5) is 4.79 Å². The largest absolute Gasteiger partial charge is 0.445 e. The van der Waals surface area contributed by atoms with E-state index in [0.29, 0.717) is 47.0 Å². The van der Waals surface area contributed by atoms with Crippen LogP contribution in [-0.2, 0) is 20.9 Å². The van der Waals surface area contributed by atoms with Crippen LogP contribution in [-0.4, -0.2) is 78.8 Å². The van der Waals surface area contributed by atoms with E-state index in [2.05, 4.69) is 10.6 Å². The standard InChI is InChI=1S/C44H47N7O7/c1-26(2)23-37-42(55)50-36-21-11-7-15-28(36)31(44(50,57)51(37)41(54)32(45)18-12-22-46-43(56)58-25-27-13-4-3-5-14-27)24-34-38-47-33-19-9-6-16-29(33)40(53)49(38)35-20-10-8-17-30(35)39(52)48-34/h3-10,13-17,19-20,26,32,34,36-37,57H,11-12,18,21-25,45H2,1-2H3,(H,46,56)(H,48,52). The number of nitrogens with two attached hydrogens (primary N) is 1. The van der Waals surface area contributed by atoms with Crippen LogP contribution >= 0.6 is 0 Å². The number of hydrogen-bond acceptors (Lipinski definition) is 9. The molecule has 0 spiro atoms. The Morgan fingerprint density at radius 3 is 2.57 bits per heavy atom. The molecule has 5 unspecified atom stereocenters. The first-order valence-corrected chi connectivity index (χ1v) is 19.9. The second kappa shape index (κ2) is 15.7. The highest BCUT2D eigenvalue weighted by molar-refractivity contribution is 5.99. The summed E-state index contributed by atoms with van der Waals surface area (Å²) in [6, 6.07) is 19.4. The third-order valence-corrected chi connectivity index (χ3v) is 11.5. The predicted octanol–water partition coefficient (Wildman–Crippen LogP) is 4.35. The molecule has 0 bridgehead atoms. The number of carbonyl (C=O) groups is 4. The number of fused-ring (bicyclic) bond motifs is 7. The van der Waals surface area contributed by atoms with E-state index in [1.807, 2.05) is 56.3 Å². The zero-order valence-corrected chi connectivity index (χ0v) is 32.5. The van der Waals surface area contributed by atoms with Gasteiger partial charge in [-0.25, -0.2) is 9.78 Å². The number of aromatic nitrogens is 2. The molecule has 8 rings (SSSR count). The van der Waals surface area contributed by atoms with Crippen molar-refractivity contribution in [2.24, 2.45) is 11.7 Å². The van der Waals surface area contributed by atoms with Crippen molar-refractivity contribution in [1.82, 2.24) is 30.0 Å². The average molecular weight is 786 g/mol. The molecule has 4 amide bonds. The summed E-state index contributed by atoms with van der Waals surface area (Å²) < 4.78 is 6.74. The van der Waals surface area contributed by atoms with E-state index in [1.165, 1.54) is 14.4 Å². The maximum absolute atomic E-state index is 14.7. The van der Waals surface area contributed by atoms with Gasteiger partial charge >= 0.3 is 6.09 Å². The molecule has 0 radical (unpaired) electrons. The van der Waals surface area contributed by atoms with E-state index < -0.39 is 47.9 Å². The number of aliphatic hydroxyl groups is 1. The predicted molar refractivity (Wildman–Crippen MR) is 215 cm³/mol. The summed E-state index contributed by atoms with van der Waals surface area (Å²) in [7, 11) is 0. The topological polar surface area (TPSA) is 189 Å². The Bertz CT molecular complexity index is 2410. The van der Waals surface area contributed by atoms with E-state index in [0.717, 1.165) is 5.56 Å². The van der Waals surface area contributed by atoms with E-state index in [1.54, 1.807) is 48.5 Å². The normalized spacial score (nSPS) is 22.6. The fraction of sp³-hybridized carbons (Fsp3) is 0.364. The van der Waals surface area contributed by atoms with Gasteiger partial charge in [0.05, 0.1) is 40.3 Å². The van der Waals surface area contributed by atoms with E-state index in [4.69, 9.17) is 15.5 Å². The number of benzene rings is 3. The first-order valence-electron chi connectivity index (χ1n) is 19.9. The lowest BCUT2D eigenvalue weighted by Gasteiger charge is -2.40. The second-order valence-corrected chi connectivity index (χ2v) is 15.7. The SMILES string of the molecule is CC(C)CC1C(=O)N2C3CCC=CC3=C(CC3NC(=O)c4ccccc4-n4c3nc3ccccc3c4=O)C2(O)N1C(=O)C(N)CCCNC(=O)OCc1ccccc1. The Kier molecular flexibility index (Phi) is 10.5. The molecule has 14 nitrogen and oxygen atoms in total. The Morgan fingerprint density at radius 2 is 1.78 bits per heavy atom. The molecule has 1 aliphatic carbocycles. The van der Waals surface area contributed by atoms with Crippen molar-refractivity contribution in [3.8, 4) is 5.69 Å². The molecular weight excluding hydrogens is 739 g/mol. The van der Waals surface area contributed by atoms with Gasteiger partial charge in [-0.05, 0) is 73.4 Å². The molecule has 300 valence electrons. The van der Waals surface area contributed by atoms with E-state index in [-0.39, 0.29) is 61.2 Å². The molecule has 58 heavy (non-hydrogen) atoms. The molecule has 4 aliphatic rings. The average Bonchev–Trinajstić information content (AvgIpc) is 3.54. The minimum atomic E-state index is -2.23. The van der Waals surface area contributed by atoms with Crippen molar-refractivity contribution in [2.45, 2.75) is 89.0 Å². The van der Waals surface area contributed by atoms with Crippen LogP contribution in [0.1, 0.15) is 80.2 Å². The van der Waals surface area contributed by atoms with Gasteiger partial charge in [0.1, 0.15) is 18.5 Å². The molecule has 4 heterocycles. The Morgan fingerprint density at radius 1 is 1.03 bits per heavy atom. The van der Waals surface area contributed by atoms with Crippen molar-refractivity contribution >= 4 is 34.7 Å². The van der Waals surface area contributed by atoms with Gasteiger partial charge in [-0.15, -0.1) is 0 Å². The van der Waals surface area contributed by atoms with Gasteiger partial charge in [-0.3, -0.25) is 33.5 Å². The summed E-state index contributed by atoms with van der Waals surface area (Å²) >= 11 is 0. The van der Waals surface area contributed by atoms with Crippen LogP contribution in [0, 0.1) is 5.92 Å². The highest BCUT2D eigenvalue weighted by atomic mass is 16.5. The third-order valence-electron chi connectivity index (χ3n) is 11.5. The number of alkyl carbamates (subject to hydrolysis) is 1. The fourth-order valence-corrected chi connectivity index (χ4v) is 8.84. The van der Waals surface area contributed by atoms with Crippen LogP contribution in [0.15, 0.2) is 107 Å². The monoisotopic (exact) mass is 785 g/mol. The van der Waals surface area contributed by atoms with Crippen LogP contribution in [0.5, 0.6) is 0 Å². The number of para-hydroxylation sites is 2. The number of rotatable bonds is 11. The number of hydrogen-bond donors (Lipinski definition) is 4. The minimum Gasteiger partial charge on any atom is -0.445 e. The summed E-state index contributed by atoms with van der Waals surface area (Å²) in [5.74, 6) is -3.44. The van der Waals surface area contributed by atoms with Gasteiger partial charge < -0.3 is 26.2 Å². The Labute approximate surface area is 335 Å². The number of carbonyl (C=O) groups excluding carboxylic acids is 4. The summed E-state index contributed by atoms with van der Waals surface area (Å²) in [4.78, 5) is 77.5. The lowest BCUT2D eigenvalue weighted by Crippen LogP contribution is -2.60. The van der Waals surface area contributed by atoms with Crippen molar-refractivity contribution in [1.29, 1.82) is 0 Å². The van der Waals surface area contributed by atoms with Gasteiger partial charge in [0, 0.05) is 18.5 Å². The summed E-state index contributed by atoms with van der Waals surface area (Å²) in [6.07, 6.45) is 5.07. The number of nitrogens with zero attached hydrogens (tertiary/aromatic N) is 4.